The summed E-state index contributed by atoms with van der Waals surface area (Å²) in [6.07, 6.45) is 1.79. The lowest BCUT2D eigenvalue weighted by molar-refractivity contribution is -0.148. The first-order chi connectivity index (χ1) is 12.5. The fourth-order valence-corrected chi connectivity index (χ4v) is 4.72. The molecule has 0 radical (unpaired) electrons. The van der Waals surface area contributed by atoms with Crippen LogP contribution in [0.5, 0.6) is 0 Å². The van der Waals surface area contributed by atoms with Crippen molar-refractivity contribution < 1.29 is 9.59 Å². The Morgan fingerprint density at radius 1 is 1.15 bits per heavy atom. The lowest BCUT2D eigenvalue weighted by atomic mass is 9.57. The van der Waals surface area contributed by atoms with Gasteiger partial charge in [0.25, 0.3) is 0 Å². The van der Waals surface area contributed by atoms with E-state index in [-0.39, 0.29) is 28.7 Å². The van der Waals surface area contributed by atoms with E-state index in [1.54, 1.807) is 6.07 Å². The van der Waals surface area contributed by atoms with E-state index in [9.17, 15) is 9.59 Å². The maximum atomic E-state index is 12.4. The summed E-state index contributed by atoms with van der Waals surface area (Å²) in [5.41, 5.74) is 0.921. The number of hydrogen-bond acceptors (Lipinski definition) is 3. The molecule has 2 aliphatic rings. The summed E-state index contributed by atoms with van der Waals surface area (Å²) in [6, 6.07) is 5.29. The third-order valence-corrected chi connectivity index (χ3v) is 5.55. The van der Waals surface area contributed by atoms with Gasteiger partial charge in [-0.05, 0) is 62.8 Å². The Hall–Kier alpha value is -1.30. The number of likely N-dealkylation sites (tertiary alicyclic amines) is 1. The number of hydrogen-bond donors (Lipinski definition) is 2. The summed E-state index contributed by atoms with van der Waals surface area (Å²) in [5, 5.41) is 7.10. The van der Waals surface area contributed by atoms with Crippen LogP contribution in [0.25, 0.3) is 0 Å². The summed E-state index contributed by atoms with van der Waals surface area (Å²) in [6.45, 7) is 8.61. The number of rotatable bonds is 5. The zero-order valence-corrected chi connectivity index (χ0v) is 17.6. The van der Waals surface area contributed by atoms with E-state index >= 15 is 0 Å². The molecule has 27 heavy (non-hydrogen) atoms. The first-order valence-electron chi connectivity index (χ1n) is 9.30. The number of nitrogens with zero attached hydrogens (tertiary/aromatic N) is 1. The standard InChI is InChI=1S/C20H27Cl2N3O2/c1-19(2,3)24-17(26)10-25-11-20(12-25)7-14(8-20)18(27)23-9-13-4-15(21)6-16(22)5-13/h4-6,14H,7-12H2,1-3H3,(H,23,27)(H,24,26). The van der Waals surface area contributed by atoms with Gasteiger partial charge in [-0.1, -0.05) is 23.2 Å². The highest BCUT2D eigenvalue weighted by atomic mass is 35.5. The van der Waals surface area contributed by atoms with E-state index in [4.69, 9.17) is 23.2 Å². The van der Waals surface area contributed by atoms with Crippen molar-refractivity contribution in [2.24, 2.45) is 11.3 Å². The minimum absolute atomic E-state index is 0.0604. The van der Waals surface area contributed by atoms with Gasteiger partial charge in [0.1, 0.15) is 0 Å². The van der Waals surface area contributed by atoms with Gasteiger partial charge in [-0.3, -0.25) is 14.5 Å². The van der Waals surface area contributed by atoms with Crippen LogP contribution in [0.1, 0.15) is 39.2 Å². The number of halogens is 2. The third-order valence-electron chi connectivity index (χ3n) is 5.12. The van der Waals surface area contributed by atoms with Gasteiger partial charge >= 0.3 is 0 Å². The quantitative estimate of drug-likeness (QED) is 0.781. The largest absolute Gasteiger partial charge is 0.352 e. The molecule has 2 fully saturated rings. The van der Waals surface area contributed by atoms with Crippen LogP contribution in [0.2, 0.25) is 10.0 Å². The Morgan fingerprint density at radius 2 is 1.74 bits per heavy atom. The molecule has 0 unspecified atom stereocenters. The first kappa shape index (κ1) is 20.4. The molecule has 2 N–H and O–H groups in total. The predicted molar refractivity (Wildman–Crippen MR) is 108 cm³/mol. The maximum absolute atomic E-state index is 12.4. The number of carbonyl (C=O) groups excluding carboxylic acids is 2. The Labute approximate surface area is 170 Å². The fraction of sp³-hybridized carbons (Fsp3) is 0.600. The first-order valence-corrected chi connectivity index (χ1v) is 10.1. The normalized spacial score (nSPS) is 19.3. The monoisotopic (exact) mass is 411 g/mol. The second kappa shape index (κ2) is 7.61. The minimum atomic E-state index is -0.202. The molecule has 148 valence electrons. The summed E-state index contributed by atoms with van der Waals surface area (Å²) in [5.74, 6) is 0.206. The number of benzene rings is 1. The molecule has 0 bridgehead atoms. The van der Waals surface area contributed by atoms with Crippen LogP contribution in [-0.2, 0) is 16.1 Å². The van der Waals surface area contributed by atoms with E-state index < -0.39 is 0 Å². The van der Waals surface area contributed by atoms with Gasteiger partial charge in [-0.2, -0.15) is 0 Å². The lowest BCUT2D eigenvalue weighted by Gasteiger charge is -2.58. The molecule has 7 heteroatoms. The van der Waals surface area contributed by atoms with E-state index in [1.165, 1.54) is 0 Å². The van der Waals surface area contributed by atoms with Crippen LogP contribution in [0.3, 0.4) is 0 Å². The zero-order valence-electron chi connectivity index (χ0n) is 16.1. The van der Waals surface area contributed by atoms with Crippen LogP contribution in [-0.4, -0.2) is 41.9 Å². The molecule has 1 saturated heterocycles. The molecule has 2 amide bonds. The summed E-state index contributed by atoms with van der Waals surface area (Å²) in [4.78, 5) is 26.5. The van der Waals surface area contributed by atoms with Gasteiger partial charge in [0.05, 0.1) is 6.54 Å². The van der Waals surface area contributed by atoms with Crippen molar-refractivity contribution in [2.45, 2.75) is 45.7 Å². The van der Waals surface area contributed by atoms with Crippen molar-refractivity contribution in [3.63, 3.8) is 0 Å². The van der Waals surface area contributed by atoms with Crippen molar-refractivity contribution in [2.75, 3.05) is 19.6 Å². The van der Waals surface area contributed by atoms with Crippen LogP contribution in [0.15, 0.2) is 18.2 Å². The molecule has 1 saturated carbocycles. The summed E-state index contributed by atoms with van der Waals surface area (Å²) < 4.78 is 0. The van der Waals surface area contributed by atoms with Gasteiger partial charge in [0, 0.05) is 41.1 Å². The SMILES string of the molecule is CC(C)(C)NC(=O)CN1CC2(CC(C(=O)NCc3cc(Cl)cc(Cl)c3)C2)C1. The lowest BCUT2D eigenvalue weighted by Crippen LogP contribution is -2.65. The van der Waals surface area contributed by atoms with Crippen LogP contribution in [0, 0.1) is 11.3 Å². The van der Waals surface area contributed by atoms with Gasteiger partial charge in [-0.15, -0.1) is 0 Å². The molecule has 1 aliphatic heterocycles. The fourth-order valence-electron chi connectivity index (χ4n) is 4.15. The second-order valence-corrected chi connectivity index (χ2v) is 9.92. The molecule has 0 aromatic heterocycles. The van der Waals surface area contributed by atoms with E-state index in [0.29, 0.717) is 23.1 Å². The van der Waals surface area contributed by atoms with Crippen molar-refractivity contribution in [3.8, 4) is 0 Å². The maximum Gasteiger partial charge on any atom is 0.234 e. The van der Waals surface area contributed by atoms with E-state index in [0.717, 1.165) is 31.5 Å². The second-order valence-electron chi connectivity index (χ2n) is 9.04. The Kier molecular flexibility index (Phi) is 5.76. The average molecular weight is 412 g/mol. The molecule has 0 atom stereocenters. The topological polar surface area (TPSA) is 61.4 Å². The molecule has 1 spiro atoms. The van der Waals surface area contributed by atoms with Crippen molar-refractivity contribution in [3.05, 3.63) is 33.8 Å². The molecule has 1 aliphatic carbocycles. The van der Waals surface area contributed by atoms with Crippen LogP contribution < -0.4 is 10.6 Å². The van der Waals surface area contributed by atoms with Crippen LogP contribution in [0.4, 0.5) is 0 Å². The molecular formula is C20H27Cl2N3O2. The van der Waals surface area contributed by atoms with Crippen LogP contribution >= 0.6 is 23.2 Å². The predicted octanol–water partition coefficient (Wildman–Crippen LogP) is 3.24. The molecule has 1 heterocycles. The van der Waals surface area contributed by atoms with Crippen molar-refractivity contribution in [1.29, 1.82) is 0 Å². The number of amides is 2. The molecular weight excluding hydrogens is 385 g/mol. The van der Waals surface area contributed by atoms with E-state index in [2.05, 4.69) is 15.5 Å². The third kappa shape index (κ3) is 5.37. The number of nitrogens with one attached hydrogen (secondary N) is 2. The van der Waals surface area contributed by atoms with E-state index in [1.807, 2.05) is 32.9 Å². The zero-order chi connectivity index (χ0) is 19.8. The van der Waals surface area contributed by atoms with Gasteiger partial charge in [0.2, 0.25) is 11.8 Å². The molecule has 3 rings (SSSR count). The average Bonchev–Trinajstić information content (AvgIpc) is 2.43. The Morgan fingerprint density at radius 3 is 2.30 bits per heavy atom. The van der Waals surface area contributed by atoms with Gasteiger partial charge < -0.3 is 10.6 Å². The summed E-state index contributed by atoms with van der Waals surface area (Å²) >= 11 is 12.0. The molecule has 5 nitrogen and oxygen atoms in total. The number of carbonyl (C=O) groups is 2. The van der Waals surface area contributed by atoms with Gasteiger partial charge in [0.15, 0.2) is 0 Å². The molecule has 1 aromatic rings. The highest BCUT2D eigenvalue weighted by Gasteiger charge is 2.54. The smallest absolute Gasteiger partial charge is 0.234 e. The highest BCUT2D eigenvalue weighted by Crippen LogP contribution is 2.51. The van der Waals surface area contributed by atoms with Gasteiger partial charge in [-0.25, -0.2) is 0 Å². The minimum Gasteiger partial charge on any atom is -0.352 e. The summed E-state index contributed by atoms with van der Waals surface area (Å²) in [7, 11) is 0. The van der Waals surface area contributed by atoms with Crippen molar-refractivity contribution in [1.82, 2.24) is 15.5 Å². The molecule has 1 aromatic carbocycles. The Balaban J connectivity index is 1.37. The Bertz CT molecular complexity index is 711. The highest BCUT2D eigenvalue weighted by molar-refractivity contribution is 6.34. The van der Waals surface area contributed by atoms with Crippen molar-refractivity contribution >= 4 is 35.0 Å².